The van der Waals surface area contributed by atoms with Gasteiger partial charge in [-0.15, -0.1) is 0 Å². The Labute approximate surface area is 111 Å². The molecule has 1 fully saturated rings. The summed E-state index contributed by atoms with van der Waals surface area (Å²) in [6.07, 6.45) is 1.68. The summed E-state index contributed by atoms with van der Waals surface area (Å²) in [6, 6.07) is 3.98. The highest BCUT2D eigenvalue weighted by atomic mass is 19.1. The molecule has 1 saturated heterocycles. The number of alkyl halides is 1. The van der Waals surface area contributed by atoms with Crippen LogP contribution >= 0.6 is 0 Å². The molecule has 0 radical (unpaired) electrons. The number of benzene rings is 1. The van der Waals surface area contributed by atoms with E-state index in [1.54, 1.807) is 6.20 Å². The van der Waals surface area contributed by atoms with Crippen LogP contribution in [0.25, 0.3) is 10.9 Å². The van der Waals surface area contributed by atoms with Crippen molar-refractivity contribution in [1.82, 2.24) is 15.3 Å². The summed E-state index contributed by atoms with van der Waals surface area (Å²) in [5, 5.41) is 4.02. The predicted octanol–water partition coefficient (Wildman–Crippen LogP) is 1.94. The lowest BCUT2D eigenvalue weighted by molar-refractivity contribution is 0.231. The molecule has 0 saturated carbocycles. The zero-order chi connectivity index (χ0) is 13.4. The monoisotopic (exact) mass is 260 g/mol. The van der Waals surface area contributed by atoms with Gasteiger partial charge in [-0.3, -0.25) is 0 Å². The Balaban J connectivity index is 2.09. The van der Waals surface area contributed by atoms with E-state index in [2.05, 4.69) is 15.3 Å². The van der Waals surface area contributed by atoms with Crippen LogP contribution in [0.1, 0.15) is 23.5 Å². The Morgan fingerprint density at radius 1 is 1.42 bits per heavy atom. The maximum Gasteiger partial charge on any atom is 0.220 e. The molecule has 3 N–H and O–H groups in total. The van der Waals surface area contributed by atoms with Crippen molar-refractivity contribution in [1.29, 1.82) is 0 Å². The van der Waals surface area contributed by atoms with Crippen molar-refractivity contribution in [3.05, 3.63) is 29.5 Å². The molecule has 0 bridgehead atoms. The van der Waals surface area contributed by atoms with Crippen LogP contribution in [0, 0.1) is 6.92 Å². The van der Waals surface area contributed by atoms with Gasteiger partial charge in [0.05, 0.1) is 5.52 Å². The molecule has 4 nitrogen and oxygen atoms in total. The van der Waals surface area contributed by atoms with Gasteiger partial charge in [0.15, 0.2) is 0 Å². The number of nitrogen functional groups attached to an aromatic ring is 1. The number of nitrogens with two attached hydrogens (primary N) is 1. The molecule has 0 amide bonds. The van der Waals surface area contributed by atoms with Crippen LogP contribution in [0.3, 0.4) is 0 Å². The van der Waals surface area contributed by atoms with Crippen LogP contribution in [0.15, 0.2) is 18.3 Å². The smallest absolute Gasteiger partial charge is 0.220 e. The fourth-order valence-electron chi connectivity index (χ4n) is 2.79. The Bertz CT molecular complexity index is 614. The molecule has 0 aliphatic carbocycles. The number of fused-ring (bicyclic) bond motifs is 1. The van der Waals surface area contributed by atoms with Gasteiger partial charge in [-0.25, -0.2) is 14.4 Å². The molecule has 2 unspecified atom stereocenters. The van der Waals surface area contributed by atoms with Crippen molar-refractivity contribution in [2.75, 3.05) is 18.8 Å². The zero-order valence-corrected chi connectivity index (χ0v) is 10.9. The minimum absolute atomic E-state index is 0.0539. The molecule has 5 heteroatoms. The average molecular weight is 260 g/mol. The van der Waals surface area contributed by atoms with E-state index in [-0.39, 0.29) is 11.9 Å². The summed E-state index contributed by atoms with van der Waals surface area (Å²) in [5.41, 5.74) is 8.54. The van der Waals surface area contributed by atoms with Crippen molar-refractivity contribution in [2.45, 2.75) is 25.4 Å². The van der Waals surface area contributed by atoms with E-state index in [1.165, 1.54) is 0 Å². The van der Waals surface area contributed by atoms with Gasteiger partial charge >= 0.3 is 0 Å². The normalized spacial score (nSPS) is 23.7. The van der Waals surface area contributed by atoms with Gasteiger partial charge in [0, 0.05) is 24.0 Å². The number of aromatic nitrogens is 2. The van der Waals surface area contributed by atoms with Crippen molar-refractivity contribution in [2.24, 2.45) is 0 Å². The zero-order valence-electron chi connectivity index (χ0n) is 10.9. The highest BCUT2D eigenvalue weighted by molar-refractivity contribution is 5.80. The molecular formula is C14H17FN4. The average Bonchev–Trinajstić information content (AvgIpc) is 2.39. The second-order valence-electron chi connectivity index (χ2n) is 5.11. The van der Waals surface area contributed by atoms with Gasteiger partial charge in [0.25, 0.3) is 0 Å². The molecule has 19 heavy (non-hydrogen) atoms. The number of piperidine rings is 1. The number of rotatable bonds is 1. The van der Waals surface area contributed by atoms with Crippen LogP contribution in [0.4, 0.5) is 10.3 Å². The van der Waals surface area contributed by atoms with E-state index in [0.717, 1.165) is 35.0 Å². The first kappa shape index (κ1) is 12.3. The number of halogens is 1. The number of aryl methyl sites for hydroxylation is 1. The summed E-state index contributed by atoms with van der Waals surface area (Å²) in [6.45, 7) is 3.29. The van der Waals surface area contributed by atoms with Crippen LogP contribution in [-0.2, 0) is 0 Å². The molecule has 1 aliphatic rings. The largest absolute Gasteiger partial charge is 0.368 e. The number of hydrogen-bond acceptors (Lipinski definition) is 4. The maximum atomic E-state index is 14.1. The summed E-state index contributed by atoms with van der Waals surface area (Å²) >= 11 is 0. The van der Waals surface area contributed by atoms with E-state index in [4.69, 9.17) is 5.73 Å². The van der Waals surface area contributed by atoms with Gasteiger partial charge in [0.1, 0.15) is 6.17 Å². The van der Waals surface area contributed by atoms with E-state index >= 15 is 0 Å². The standard InChI is InChI=1S/C14H17FN4/c1-8-4-9-6-18-14(16)19-13(9)5-11(8)10-2-3-17-7-12(10)15/h4-6,10,12,17H,2-3,7H2,1H3,(H2,16,18,19). The van der Waals surface area contributed by atoms with E-state index < -0.39 is 6.17 Å². The van der Waals surface area contributed by atoms with E-state index in [9.17, 15) is 4.39 Å². The third-order valence-corrected chi connectivity index (χ3v) is 3.79. The first-order chi connectivity index (χ1) is 9.15. The lowest BCUT2D eigenvalue weighted by atomic mass is 9.85. The molecule has 2 aromatic rings. The fraction of sp³-hybridized carbons (Fsp3) is 0.429. The van der Waals surface area contributed by atoms with Gasteiger partial charge in [0.2, 0.25) is 5.95 Å². The Kier molecular flexibility index (Phi) is 3.06. The van der Waals surface area contributed by atoms with Crippen molar-refractivity contribution in [3.8, 4) is 0 Å². The summed E-state index contributed by atoms with van der Waals surface area (Å²) in [7, 11) is 0. The maximum absolute atomic E-state index is 14.1. The predicted molar refractivity (Wildman–Crippen MR) is 73.8 cm³/mol. The van der Waals surface area contributed by atoms with Gasteiger partial charge in [-0.1, -0.05) is 0 Å². The molecule has 0 spiro atoms. The van der Waals surface area contributed by atoms with Gasteiger partial charge in [-0.05, 0) is 43.1 Å². The third kappa shape index (κ3) is 2.26. The van der Waals surface area contributed by atoms with Crippen LogP contribution in [-0.4, -0.2) is 29.2 Å². The number of nitrogens with one attached hydrogen (secondary N) is 1. The number of hydrogen-bond donors (Lipinski definition) is 2. The summed E-state index contributed by atoms with van der Waals surface area (Å²) in [4.78, 5) is 8.21. The number of nitrogens with zero attached hydrogens (tertiary/aromatic N) is 2. The Morgan fingerprint density at radius 2 is 2.26 bits per heavy atom. The topological polar surface area (TPSA) is 63.8 Å². The molecule has 1 aliphatic heterocycles. The third-order valence-electron chi connectivity index (χ3n) is 3.79. The quantitative estimate of drug-likeness (QED) is 0.822. The van der Waals surface area contributed by atoms with Crippen molar-refractivity contribution >= 4 is 16.9 Å². The Hall–Kier alpha value is -1.75. The van der Waals surface area contributed by atoms with Crippen LogP contribution in [0.5, 0.6) is 0 Å². The summed E-state index contributed by atoms with van der Waals surface area (Å²) in [5.74, 6) is 0.200. The number of anilines is 1. The van der Waals surface area contributed by atoms with Crippen LogP contribution in [0.2, 0.25) is 0 Å². The minimum Gasteiger partial charge on any atom is -0.368 e. The second-order valence-corrected chi connectivity index (χ2v) is 5.11. The Morgan fingerprint density at radius 3 is 3.05 bits per heavy atom. The molecule has 100 valence electrons. The van der Waals surface area contributed by atoms with Crippen molar-refractivity contribution < 1.29 is 4.39 Å². The molecule has 2 atom stereocenters. The SMILES string of the molecule is Cc1cc2cnc(N)nc2cc1C1CCNCC1F. The molecule has 1 aromatic carbocycles. The fourth-order valence-corrected chi connectivity index (χ4v) is 2.79. The highest BCUT2D eigenvalue weighted by Gasteiger charge is 2.27. The molecular weight excluding hydrogens is 243 g/mol. The van der Waals surface area contributed by atoms with E-state index in [1.807, 2.05) is 19.1 Å². The molecule has 3 rings (SSSR count). The van der Waals surface area contributed by atoms with E-state index in [0.29, 0.717) is 6.54 Å². The van der Waals surface area contributed by atoms with Gasteiger partial charge in [-0.2, -0.15) is 0 Å². The first-order valence-corrected chi connectivity index (χ1v) is 6.52. The lowest BCUT2D eigenvalue weighted by Crippen LogP contribution is -2.36. The highest BCUT2D eigenvalue weighted by Crippen LogP contribution is 2.32. The molecule has 2 heterocycles. The molecule has 1 aromatic heterocycles. The second kappa shape index (κ2) is 4.74. The van der Waals surface area contributed by atoms with Crippen molar-refractivity contribution in [3.63, 3.8) is 0 Å². The lowest BCUT2D eigenvalue weighted by Gasteiger charge is -2.28. The summed E-state index contributed by atoms with van der Waals surface area (Å²) < 4.78 is 14.1. The van der Waals surface area contributed by atoms with Gasteiger partial charge < -0.3 is 11.1 Å². The van der Waals surface area contributed by atoms with Crippen LogP contribution < -0.4 is 11.1 Å². The minimum atomic E-state index is -0.843. The first-order valence-electron chi connectivity index (χ1n) is 6.52.